The predicted molar refractivity (Wildman–Crippen MR) is 132 cm³/mol. The molecule has 1 aromatic carbocycles. The summed E-state index contributed by atoms with van der Waals surface area (Å²) in [6.07, 6.45) is 3.78. The lowest BCUT2D eigenvalue weighted by Gasteiger charge is -2.55. The van der Waals surface area contributed by atoms with E-state index in [0.717, 1.165) is 18.7 Å². The van der Waals surface area contributed by atoms with Crippen LogP contribution in [0.25, 0.3) is 11.4 Å². The van der Waals surface area contributed by atoms with Crippen molar-refractivity contribution in [2.75, 3.05) is 33.7 Å². The number of amides is 1. The van der Waals surface area contributed by atoms with Crippen LogP contribution < -0.4 is 0 Å². The summed E-state index contributed by atoms with van der Waals surface area (Å²) in [6.45, 7) is 8.53. The summed E-state index contributed by atoms with van der Waals surface area (Å²) in [5.41, 5.74) is 1.81. The third kappa shape index (κ3) is 3.94. The number of nitrogens with zero attached hydrogens (tertiary/aromatic N) is 5. The molecule has 1 unspecified atom stereocenters. The highest BCUT2D eigenvalue weighted by Crippen LogP contribution is 2.50. The highest BCUT2D eigenvalue weighted by molar-refractivity contribution is 5.79. The molecular weight excluding hydrogens is 442 g/mol. The molecule has 0 radical (unpaired) electrons. The number of aliphatic hydroxyl groups is 1. The topological polar surface area (TPSA) is 95.6 Å². The molecule has 2 atom stereocenters. The first-order chi connectivity index (χ1) is 16.6. The summed E-state index contributed by atoms with van der Waals surface area (Å²) < 4.78 is 5.52. The van der Waals surface area contributed by atoms with Crippen molar-refractivity contribution in [1.29, 1.82) is 0 Å². The van der Waals surface area contributed by atoms with Crippen LogP contribution in [0.3, 0.4) is 0 Å². The second-order valence-corrected chi connectivity index (χ2v) is 10.8. The van der Waals surface area contributed by atoms with Gasteiger partial charge in [-0.25, -0.2) is 0 Å². The SMILES string of the molecule is CC(C)c1ccc(C(O)(c2cncc(-c3noc([C@@H]4CC(=O)N(C)C4)n3)c2)C2(C)CN(C)C2)cc1. The van der Waals surface area contributed by atoms with E-state index in [4.69, 9.17) is 4.52 Å². The van der Waals surface area contributed by atoms with Gasteiger partial charge in [0.2, 0.25) is 17.6 Å². The Morgan fingerprint density at radius 2 is 1.86 bits per heavy atom. The standard InChI is InChI=1S/C27H33N5O3/c1-17(2)18-6-8-21(9-7-18)27(34,26(3)15-31(4)16-26)22-10-19(12-28-13-22)24-29-25(35-30-24)20-11-23(33)32(5)14-20/h6-10,12-13,17,20,34H,11,14-16H2,1-5H3/t20-,27?/m1/s1. The zero-order valence-electron chi connectivity index (χ0n) is 21.0. The number of hydrogen-bond donors (Lipinski definition) is 1. The van der Waals surface area contributed by atoms with Crippen LogP contribution in [0, 0.1) is 5.41 Å². The fraction of sp³-hybridized carbons (Fsp3) is 0.481. The van der Waals surface area contributed by atoms with Crippen molar-refractivity contribution in [3.8, 4) is 11.4 Å². The van der Waals surface area contributed by atoms with Gasteiger partial charge in [0.05, 0.1) is 5.92 Å². The summed E-state index contributed by atoms with van der Waals surface area (Å²) in [5, 5.41) is 16.6. The molecule has 0 aliphatic carbocycles. The van der Waals surface area contributed by atoms with E-state index in [0.29, 0.717) is 41.7 Å². The van der Waals surface area contributed by atoms with Gasteiger partial charge in [0.1, 0.15) is 5.60 Å². The summed E-state index contributed by atoms with van der Waals surface area (Å²) in [5.74, 6) is 1.24. The lowest BCUT2D eigenvalue weighted by Crippen LogP contribution is -2.63. The lowest BCUT2D eigenvalue weighted by atomic mass is 9.62. The van der Waals surface area contributed by atoms with Crippen molar-refractivity contribution in [3.05, 3.63) is 65.3 Å². The van der Waals surface area contributed by atoms with Crippen LogP contribution >= 0.6 is 0 Å². The first kappa shape index (κ1) is 23.6. The molecule has 2 fully saturated rings. The molecule has 4 heterocycles. The average Bonchev–Trinajstić information content (AvgIpc) is 3.44. The molecule has 8 nitrogen and oxygen atoms in total. The van der Waals surface area contributed by atoms with E-state index in [-0.39, 0.29) is 11.8 Å². The lowest BCUT2D eigenvalue weighted by molar-refractivity contribution is -0.127. The van der Waals surface area contributed by atoms with Crippen LogP contribution in [0.1, 0.15) is 61.6 Å². The first-order valence-corrected chi connectivity index (χ1v) is 12.2. The van der Waals surface area contributed by atoms with E-state index in [1.807, 2.05) is 18.2 Å². The minimum absolute atomic E-state index is 0.0747. The molecule has 2 saturated heterocycles. The Morgan fingerprint density at radius 3 is 2.46 bits per heavy atom. The van der Waals surface area contributed by atoms with E-state index >= 15 is 0 Å². The van der Waals surface area contributed by atoms with Crippen LogP contribution in [-0.2, 0) is 10.4 Å². The average molecular weight is 476 g/mol. The number of rotatable bonds is 6. The second kappa shape index (κ2) is 8.53. The van der Waals surface area contributed by atoms with Gasteiger partial charge in [-0.2, -0.15) is 4.98 Å². The Hall–Kier alpha value is -3.10. The third-order valence-electron chi connectivity index (χ3n) is 7.65. The minimum atomic E-state index is -1.24. The maximum absolute atomic E-state index is 12.4. The zero-order chi connectivity index (χ0) is 25.0. The van der Waals surface area contributed by atoms with Gasteiger partial charge in [-0.15, -0.1) is 0 Å². The number of carbonyl (C=O) groups excluding carboxylic acids is 1. The van der Waals surface area contributed by atoms with Gasteiger partial charge in [-0.3, -0.25) is 9.78 Å². The molecule has 1 N–H and O–H groups in total. The molecular formula is C27H33N5O3. The van der Waals surface area contributed by atoms with Gasteiger partial charge in [0, 0.05) is 62.0 Å². The predicted octanol–water partition coefficient (Wildman–Crippen LogP) is 3.39. The Morgan fingerprint density at radius 1 is 1.14 bits per heavy atom. The van der Waals surface area contributed by atoms with E-state index in [1.54, 1.807) is 24.3 Å². The Bertz CT molecular complexity index is 1230. The number of carbonyl (C=O) groups is 1. The van der Waals surface area contributed by atoms with Gasteiger partial charge >= 0.3 is 0 Å². The van der Waals surface area contributed by atoms with E-state index < -0.39 is 11.0 Å². The summed E-state index contributed by atoms with van der Waals surface area (Å²) in [7, 11) is 3.84. The molecule has 2 aliphatic heterocycles. The Labute approximate surface area is 206 Å². The maximum Gasteiger partial charge on any atom is 0.232 e. The molecule has 2 aromatic heterocycles. The molecule has 5 rings (SSSR count). The van der Waals surface area contributed by atoms with Gasteiger partial charge in [-0.1, -0.05) is 50.2 Å². The summed E-state index contributed by atoms with van der Waals surface area (Å²) >= 11 is 0. The van der Waals surface area contributed by atoms with Crippen molar-refractivity contribution < 1.29 is 14.4 Å². The van der Waals surface area contributed by atoms with Crippen LogP contribution in [0.4, 0.5) is 0 Å². The largest absolute Gasteiger partial charge is 0.380 e. The van der Waals surface area contributed by atoms with Crippen molar-refractivity contribution in [1.82, 2.24) is 24.9 Å². The number of hydrogen-bond acceptors (Lipinski definition) is 7. The van der Waals surface area contributed by atoms with Crippen molar-refractivity contribution in [2.24, 2.45) is 5.41 Å². The monoisotopic (exact) mass is 475 g/mol. The Balaban J connectivity index is 1.52. The molecule has 0 bridgehead atoms. The number of pyridine rings is 1. The third-order valence-corrected chi connectivity index (χ3v) is 7.65. The summed E-state index contributed by atoms with van der Waals surface area (Å²) in [4.78, 5) is 24.9. The van der Waals surface area contributed by atoms with E-state index in [1.165, 1.54) is 5.56 Å². The fourth-order valence-corrected chi connectivity index (χ4v) is 5.65. The molecule has 1 amide bonds. The molecule has 3 aromatic rings. The highest BCUT2D eigenvalue weighted by Gasteiger charge is 2.55. The van der Waals surface area contributed by atoms with Gasteiger partial charge in [0.15, 0.2) is 0 Å². The zero-order valence-corrected chi connectivity index (χ0v) is 21.0. The minimum Gasteiger partial charge on any atom is -0.380 e. The normalized spacial score (nSPS) is 21.9. The summed E-state index contributed by atoms with van der Waals surface area (Å²) in [6, 6.07) is 10.2. The molecule has 8 heteroatoms. The molecule has 0 saturated carbocycles. The van der Waals surface area contributed by atoms with Gasteiger partial charge in [-0.05, 0) is 30.2 Å². The molecule has 35 heavy (non-hydrogen) atoms. The van der Waals surface area contributed by atoms with Crippen molar-refractivity contribution in [2.45, 2.75) is 44.6 Å². The second-order valence-electron chi connectivity index (χ2n) is 10.8. The number of aromatic nitrogens is 3. The smallest absolute Gasteiger partial charge is 0.232 e. The quantitative estimate of drug-likeness (QED) is 0.584. The fourth-order valence-electron chi connectivity index (χ4n) is 5.65. The number of likely N-dealkylation sites (tertiary alicyclic amines) is 2. The van der Waals surface area contributed by atoms with Crippen LogP contribution in [0.15, 0.2) is 47.2 Å². The maximum atomic E-state index is 12.4. The van der Waals surface area contributed by atoms with Crippen molar-refractivity contribution in [3.63, 3.8) is 0 Å². The van der Waals surface area contributed by atoms with Crippen molar-refractivity contribution >= 4 is 5.91 Å². The number of benzene rings is 1. The van der Waals surface area contributed by atoms with Gasteiger partial charge < -0.3 is 19.4 Å². The van der Waals surface area contributed by atoms with Crippen LogP contribution in [0.2, 0.25) is 0 Å². The first-order valence-electron chi connectivity index (χ1n) is 12.2. The van der Waals surface area contributed by atoms with E-state index in [2.05, 4.69) is 60.0 Å². The van der Waals surface area contributed by atoms with Crippen LogP contribution in [0.5, 0.6) is 0 Å². The molecule has 0 spiro atoms. The number of likely N-dealkylation sites (N-methyl/N-ethyl adjacent to an activating group) is 1. The highest BCUT2D eigenvalue weighted by atomic mass is 16.5. The Kier molecular flexibility index (Phi) is 5.76. The van der Waals surface area contributed by atoms with Crippen LogP contribution in [-0.4, -0.2) is 69.7 Å². The van der Waals surface area contributed by atoms with E-state index in [9.17, 15) is 9.90 Å². The van der Waals surface area contributed by atoms with Gasteiger partial charge in [0.25, 0.3) is 0 Å². The molecule has 2 aliphatic rings. The molecule has 184 valence electrons.